The third-order valence-electron chi connectivity index (χ3n) is 11.7. The molecule has 328 valence electrons. The summed E-state index contributed by atoms with van der Waals surface area (Å²) in [5.74, 6) is 0. The van der Waals surface area contributed by atoms with Gasteiger partial charge in [0.25, 0.3) is 0 Å². The molecule has 0 saturated carbocycles. The summed E-state index contributed by atoms with van der Waals surface area (Å²) in [6, 6.07) is 56.2. The quantitative estimate of drug-likeness (QED) is 0.0883. The molecule has 0 aliphatic carbocycles. The Hall–Kier alpha value is -4.11. The standard InChI is InChI=1S/C60H60IS4/c1-37-29-41(5)57(42(6)30-37)64(58-43(7)31-38(2)32-44(58)8)55-25-21-53(22-26-55)62-51-17-13-49(14-18-51)61-50-15-19-52(20-16-50)63-54-23-27-56(28-24-54)65(59-45(9)33-39(3)34-46(59)10)60-47(11)35-40(4)36-48(60)12/h13-36H,1-12H3/q+3. The third kappa shape index (κ3) is 10.9. The summed E-state index contributed by atoms with van der Waals surface area (Å²) in [7, 11) is -0.386. The molecule has 5 heteroatoms. The number of aryl methyl sites for hydroxylation is 12. The van der Waals surface area contributed by atoms with Gasteiger partial charge in [-0.15, -0.1) is 0 Å². The van der Waals surface area contributed by atoms with E-state index in [1.807, 2.05) is 23.5 Å². The molecule has 0 nitrogen and oxygen atoms in total. The van der Waals surface area contributed by atoms with Crippen LogP contribution in [-0.4, -0.2) is 0 Å². The fourth-order valence-electron chi connectivity index (χ4n) is 9.45. The second-order valence-corrected chi connectivity index (χ2v) is 26.8. The Bertz CT molecular complexity index is 2590. The van der Waals surface area contributed by atoms with E-state index in [-0.39, 0.29) is 43.0 Å². The van der Waals surface area contributed by atoms with Crippen LogP contribution in [0.4, 0.5) is 0 Å². The molecule has 65 heavy (non-hydrogen) atoms. The number of hydrogen-bond acceptors (Lipinski definition) is 2. The molecular formula is C60H60IS4+3. The van der Waals surface area contributed by atoms with Gasteiger partial charge in [0.15, 0.2) is 36.5 Å². The molecule has 0 fully saturated rings. The van der Waals surface area contributed by atoms with Crippen LogP contribution in [0.2, 0.25) is 0 Å². The molecule has 0 aliphatic heterocycles. The van der Waals surface area contributed by atoms with Crippen LogP contribution in [0, 0.1) is 90.2 Å². The van der Waals surface area contributed by atoms with Gasteiger partial charge in [-0.2, -0.15) is 0 Å². The molecule has 0 spiro atoms. The lowest BCUT2D eigenvalue weighted by Crippen LogP contribution is -3.61. The van der Waals surface area contributed by atoms with Crippen molar-refractivity contribution in [2.24, 2.45) is 0 Å². The van der Waals surface area contributed by atoms with Gasteiger partial charge in [-0.1, -0.05) is 94.3 Å². The van der Waals surface area contributed by atoms with Crippen molar-refractivity contribution in [3.05, 3.63) is 219 Å². The first-order chi connectivity index (χ1) is 31.1. The minimum absolute atomic E-state index is 0.193. The fourth-order valence-corrected chi connectivity index (χ4v) is 18.5. The molecule has 0 unspecified atom stereocenters. The van der Waals surface area contributed by atoms with Crippen LogP contribution in [0.1, 0.15) is 66.8 Å². The Morgan fingerprint density at radius 1 is 0.277 bits per heavy atom. The van der Waals surface area contributed by atoms with Crippen LogP contribution in [0.5, 0.6) is 0 Å². The van der Waals surface area contributed by atoms with Crippen LogP contribution in [-0.2, 0) is 21.8 Å². The molecule has 0 radical (unpaired) electrons. The predicted molar refractivity (Wildman–Crippen MR) is 278 cm³/mol. The van der Waals surface area contributed by atoms with E-state index in [1.54, 1.807) is 0 Å². The van der Waals surface area contributed by atoms with Gasteiger partial charge in [0, 0.05) is 64.1 Å². The molecule has 0 N–H and O–H groups in total. The highest BCUT2D eigenvalue weighted by Crippen LogP contribution is 2.42. The SMILES string of the molecule is Cc1cc(C)c([S+](c2ccc(Sc3ccc([I+]c4ccc(Sc5ccc([S+](c6c(C)cc(C)cc6C)c6c(C)cc(C)cc6C)cc5)cc4)cc3)cc2)c2c(C)cc(C)cc2C)c(C)c1. The first-order valence-corrected chi connectivity index (χ1v) is 28.6. The maximum absolute atomic E-state index is 2.37. The zero-order valence-corrected chi connectivity index (χ0v) is 45.3. The average molecular weight is 1040 g/mol. The van der Waals surface area contributed by atoms with Gasteiger partial charge >= 0.3 is 21.2 Å². The van der Waals surface area contributed by atoms with E-state index < -0.39 is 0 Å². The lowest BCUT2D eigenvalue weighted by molar-refractivity contribution is -0.597. The van der Waals surface area contributed by atoms with Gasteiger partial charge in [-0.25, -0.2) is 0 Å². The van der Waals surface area contributed by atoms with E-state index in [9.17, 15) is 0 Å². The molecule has 8 aromatic carbocycles. The van der Waals surface area contributed by atoms with Gasteiger partial charge in [0.1, 0.15) is 21.8 Å². The molecule has 0 saturated heterocycles. The number of rotatable bonds is 12. The number of hydrogen-bond donors (Lipinski definition) is 0. The molecule has 0 aromatic heterocycles. The molecule has 0 atom stereocenters. The lowest BCUT2D eigenvalue weighted by atomic mass is 10.1. The summed E-state index contributed by atoms with van der Waals surface area (Å²) in [4.78, 5) is 13.7. The van der Waals surface area contributed by atoms with E-state index in [0.29, 0.717) is 0 Å². The highest BCUT2D eigenvalue weighted by Gasteiger charge is 2.37. The summed E-state index contributed by atoms with van der Waals surface area (Å²) in [5.41, 5.74) is 16.3. The summed E-state index contributed by atoms with van der Waals surface area (Å²) in [5, 5.41) is 0. The minimum atomic E-state index is -0.280. The van der Waals surface area contributed by atoms with E-state index in [0.717, 1.165) is 0 Å². The van der Waals surface area contributed by atoms with E-state index in [4.69, 9.17) is 0 Å². The minimum Gasteiger partial charge on any atom is -0.0901 e. The van der Waals surface area contributed by atoms with Gasteiger partial charge in [0.05, 0.1) is 0 Å². The van der Waals surface area contributed by atoms with Crippen LogP contribution in [0.3, 0.4) is 0 Å². The van der Waals surface area contributed by atoms with Crippen LogP contribution in [0.15, 0.2) is 195 Å². The summed E-state index contributed by atoms with van der Waals surface area (Å²) in [6.45, 7) is 27.1. The van der Waals surface area contributed by atoms with E-state index in [1.165, 1.54) is 123 Å². The Balaban J connectivity index is 0.937. The first kappa shape index (κ1) is 47.4. The Kier molecular flexibility index (Phi) is 14.9. The highest BCUT2D eigenvalue weighted by molar-refractivity contribution is 7.99. The zero-order valence-electron chi connectivity index (χ0n) is 39.9. The van der Waals surface area contributed by atoms with Crippen molar-refractivity contribution in [1.29, 1.82) is 0 Å². The molecule has 0 heterocycles. The van der Waals surface area contributed by atoms with Crippen molar-refractivity contribution < 1.29 is 21.2 Å². The van der Waals surface area contributed by atoms with E-state index >= 15 is 0 Å². The molecule has 8 rings (SSSR count). The average Bonchev–Trinajstić information content (AvgIpc) is 3.23. The molecular weight excluding hydrogens is 976 g/mol. The van der Waals surface area contributed by atoms with Gasteiger partial charge in [-0.05, 0) is 180 Å². The molecule has 8 aromatic rings. The van der Waals surface area contributed by atoms with Crippen LogP contribution < -0.4 is 21.2 Å². The third-order valence-corrected chi connectivity index (χ3v) is 22.1. The molecule has 0 bridgehead atoms. The van der Waals surface area contributed by atoms with E-state index in [2.05, 4.69) is 229 Å². The van der Waals surface area contributed by atoms with Gasteiger partial charge in [0.2, 0.25) is 0 Å². The van der Waals surface area contributed by atoms with Crippen molar-refractivity contribution in [1.82, 2.24) is 0 Å². The van der Waals surface area contributed by atoms with Crippen LogP contribution in [0.25, 0.3) is 0 Å². The molecule has 0 amide bonds. The normalized spacial score (nSPS) is 11.5. The van der Waals surface area contributed by atoms with Crippen molar-refractivity contribution in [2.45, 2.75) is 132 Å². The Morgan fingerprint density at radius 3 is 0.692 bits per heavy atom. The first-order valence-electron chi connectivity index (χ1n) is 22.3. The topological polar surface area (TPSA) is 0 Å². The predicted octanol–water partition coefficient (Wildman–Crippen LogP) is 14.0. The second kappa shape index (κ2) is 20.4. The van der Waals surface area contributed by atoms with Gasteiger partial charge < -0.3 is 0 Å². The Labute approximate surface area is 414 Å². The van der Waals surface area contributed by atoms with Crippen LogP contribution >= 0.6 is 23.5 Å². The maximum Gasteiger partial charge on any atom is 0.357 e. The highest BCUT2D eigenvalue weighted by atomic mass is 127. The largest absolute Gasteiger partial charge is 0.357 e. The summed E-state index contributed by atoms with van der Waals surface area (Å²) < 4.78 is 2.87. The lowest BCUT2D eigenvalue weighted by Gasteiger charge is -2.17. The number of benzene rings is 8. The van der Waals surface area contributed by atoms with Crippen molar-refractivity contribution >= 4 is 45.3 Å². The van der Waals surface area contributed by atoms with Crippen molar-refractivity contribution in [3.8, 4) is 0 Å². The maximum atomic E-state index is 2.37. The van der Waals surface area contributed by atoms with Crippen molar-refractivity contribution in [2.75, 3.05) is 0 Å². The summed E-state index contributed by atoms with van der Waals surface area (Å²) in [6.07, 6.45) is 0. The zero-order chi connectivity index (χ0) is 46.1. The monoisotopic (exact) mass is 1040 g/mol. The van der Waals surface area contributed by atoms with Crippen molar-refractivity contribution in [3.63, 3.8) is 0 Å². The smallest absolute Gasteiger partial charge is 0.0901 e. The van der Waals surface area contributed by atoms with Gasteiger partial charge in [-0.3, -0.25) is 0 Å². The second-order valence-electron chi connectivity index (χ2n) is 17.7. The summed E-state index contributed by atoms with van der Waals surface area (Å²) >= 11 is 3.42. The fraction of sp³-hybridized carbons (Fsp3) is 0.200. The number of halogens is 1. The Morgan fingerprint density at radius 2 is 0.477 bits per heavy atom. The molecule has 0 aliphatic rings.